The zero-order chi connectivity index (χ0) is 12.6. The molecule has 0 rings (SSSR count). The average molecular weight is 243 g/mol. The maximum Gasteiger partial charge on any atom is 0.216 e. The van der Waals surface area contributed by atoms with E-state index in [1.54, 1.807) is 0 Å². The van der Waals surface area contributed by atoms with Gasteiger partial charge in [-0.05, 0) is 23.4 Å². The van der Waals surface area contributed by atoms with E-state index in [0.717, 1.165) is 23.6 Å². The molecule has 0 aliphatic carbocycles. The Labute approximate surface area is 105 Å². The second kappa shape index (κ2) is 9.23. The van der Waals surface area contributed by atoms with Crippen LogP contribution in [0.1, 0.15) is 67.2 Å². The molecule has 1 nitrogen and oxygen atoms in total. The summed E-state index contributed by atoms with van der Waals surface area (Å²) in [5.74, 6) is 0.789. The normalized spacial score (nSPS) is 14.1. The van der Waals surface area contributed by atoms with Gasteiger partial charge in [0.25, 0.3) is 0 Å². The fourth-order valence-electron chi connectivity index (χ4n) is 2.11. The van der Waals surface area contributed by atoms with Crippen LogP contribution in [-0.2, 0) is 4.43 Å². The molecule has 0 amide bonds. The summed E-state index contributed by atoms with van der Waals surface area (Å²) in [4.78, 5) is 0. The highest BCUT2D eigenvalue weighted by molar-refractivity contribution is 6.54. The minimum Gasteiger partial charge on any atom is -0.416 e. The summed E-state index contributed by atoms with van der Waals surface area (Å²) in [6.45, 7) is 14.8. The van der Waals surface area contributed by atoms with Crippen LogP contribution in [-0.4, -0.2) is 15.6 Å². The minimum absolute atomic E-state index is 0.608. The molecule has 1 unspecified atom stereocenters. The van der Waals surface area contributed by atoms with Crippen LogP contribution in [0, 0.1) is 5.92 Å². The summed E-state index contributed by atoms with van der Waals surface area (Å²) in [6, 6.07) is 0. The molecule has 0 spiro atoms. The fourth-order valence-corrected chi connectivity index (χ4v) is 4.54. The van der Waals surface area contributed by atoms with Gasteiger partial charge in [-0.3, -0.25) is 0 Å². The molecule has 0 bridgehead atoms. The minimum atomic E-state index is -0.608. The van der Waals surface area contributed by atoms with Crippen molar-refractivity contribution in [2.75, 3.05) is 6.61 Å². The first kappa shape index (κ1) is 16.2. The molecule has 0 aliphatic heterocycles. The Kier molecular flexibility index (Phi) is 9.33. The predicted molar refractivity (Wildman–Crippen MR) is 75.2 cm³/mol. The highest BCUT2D eigenvalue weighted by Crippen LogP contribution is 2.23. The molecule has 0 aromatic rings. The number of unbranched alkanes of at least 4 members (excludes halogenated alkanes) is 1. The molecule has 0 heterocycles. The molecule has 97 valence electrons. The van der Waals surface area contributed by atoms with Gasteiger partial charge in [0.05, 0.1) is 0 Å². The van der Waals surface area contributed by atoms with E-state index in [0.29, 0.717) is 0 Å². The van der Waals surface area contributed by atoms with Crippen molar-refractivity contribution in [1.29, 1.82) is 0 Å². The molecule has 0 saturated heterocycles. The van der Waals surface area contributed by atoms with E-state index in [2.05, 4.69) is 41.5 Å². The average Bonchev–Trinajstić information content (AvgIpc) is 2.22. The van der Waals surface area contributed by atoms with Crippen molar-refractivity contribution >= 4 is 9.04 Å². The smallest absolute Gasteiger partial charge is 0.216 e. The standard InChI is InChI=1S/C14H31OSi/c1-7-9-10-14(8-2)11-15-16(12(3)4)13(5)6/h12-14H,7-11H2,1-6H3. The zero-order valence-electron chi connectivity index (χ0n) is 12.2. The highest BCUT2D eigenvalue weighted by Gasteiger charge is 2.23. The molecular weight excluding hydrogens is 212 g/mol. The first-order valence-corrected chi connectivity index (χ1v) is 8.58. The lowest BCUT2D eigenvalue weighted by Gasteiger charge is -2.25. The van der Waals surface area contributed by atoms with Crippen molar-refractivity contribution in [2.24, 2.45) is 5.92 Å². The van der Waals surface area contributed by atoms with Gasteiger partial charge in [0.15, 0.2) is 0 Å². The summed E-state index contributed by atoms with van der Waals surface area (Å²) < 4.78 is 6.22. The molecule has 0 aliphatic rings. The largest absolute Gasteiger partial charge is 0.416 e. The van der Waals surface area contributed by atoms with E-state index in [-0.39, 0.29) is 0 Å². The van der Waals surface area contributed by atoms with Crippen molar-refractivity contribution in [3.8, 4) is 0 Å². The first-order valence-electron chi connectivity index (χ1n) is 7.02. The van der Waals surface area contributed by atoms with Crippen LogP contribution in [0.2, 0.25) is 11.1 Å². The molecule has 16 heavy (non-hydrogen) atoms. The van der Waals surface area contributed by atoms with Crippen LogP contribution < -0.4 is 0 Å². The third-order valence-corrected chi connectivity index (χ3v) is 5.94. The molecule has 0 saturated carbocycles. The van der Waals surface area contributed by atoms with Crippen LogP contribution in [0.5, 0.6) is 0 Å². The van der Waals surface area contributed by atoms with E-state index in [4.69, 9.17) is 4.43 Å². The Balaban J connectivity index is 3.96. The maximum absolute atomic E-state index is 6.22. The summed E-state index contributed by atoms with van der Waals surface area (Å²) in [5, 5.41) is 0. The lowest BCUT2D eigenvalue weighted by molar-refractivity contribution is 0.226. The van der Waals surface area contributed by atoms with E-state index in [1.807, 2.05) is 0 Å². The summed E-state index contributed by atoms with van der Waals surface area (Å²) in [7, 11) is -0.608. The van der Waals surface area contributed by atoms with Crippen molar-refractivity contribution in [1.82, 2.24) is 0 Å². The lowest BCUT2D eigenvalue weighted by atomic mass is 10.0. The lowest BCUT2D eigenvalue weighted by Crippen LogP contribution is -2.28. The summed E-state index contributed by atoms with van der Waals surface area (Å²) in [6.07, 6.45) is 5.28. The van der Waals surface area contributed by atoms with Gasteiger partial charge >= 0.3 is 0 Å². The Morgan fingerprint density at radius 3 is 1.94 bits per heavy atom. The highest BCUT2D eigenvalue weighted by atomic mass is 28.3. The zero-order valence-corrected chi connectivity index (χ0v) is 13.2. The third-order valence-electron chi connectivity index (χ3n) is 3.17. The van der Waals surface area contributed by atoms with Gasteiger partial charge in [-0.15, -0.1) is 0 Å². The molecule has 0 N–H and O–H groups in total. The quantitative estimate of drug-likeness (QED) is 0.516. The Morgan fingerprint density at radius 2 is 1.56 bits per heavy atom. The molecule has 1 radical (unpaired) electrons. The van der Waals surface area contributed by atoms with Crippen LogP contribution in [0.25, 0.3) is 0 Å². The Hall–Kier alpha value is 0.177. The first-order chi connectivity index (χ1) is 7.52. The van der Waals surface area contributed by atoms with E-state index >= 15 is 0 Å². The van der Waals surface area contributed by atoms with E-state index in [1.165, 1.54) is 25.7 Å². The van der Waals surface area contributed by atoms with Crippen LogP contribution in [0.4, 0.5) is 0 Å². The van der Waals surface area contributed by atoms with Gasteiger partial charge < -0.3 is 4.43 Å². The topological polar surface area (TPSA) is 9.23 Å². The van der Waals surface area contributed by atoms with Crippen molar-refractivity contribution < 1.29 is 4.43 Å². The fraction of sp³-hybridized carbons (Fsp3) is 1.00. The summed E-state index contributed by atoms with van der Waals surface area (Å²) >= 11 is 0. The van der Waals surface area contributed by atoms with E-state index < -0.39 is 9.04 Å². The molecular formula is C14H31OSi. The number of rotatable bonds is 9. The summed E-state index contributed by atoms with van der Waals surface area (Å²) in [5.41, 5.74) is 1.46. The molecule has 2 heteroatoms. The van der Waals surface area contributed by atoms with Crippen LogP contribution in [0.15, 0.2) is 0 Å². The van der Waals surface area contributed by atoms with Gasteiger partial charge in [-0.25, -0.2) is 0 Å². The number of hydrogen-bond acceptors (Lipinski definition) is 1. The van der Waals surface area contributed by atoms with Crippen molar-refractivity contribution in [3.05, 3.63) is 0 Å². The van der Waals surface area contributed by atoms with Gasteiger partial charge in [-0.1, -0.05) is 60.8 Å². The van der Waals surface area contributed by atoms with Crippen LogP contribution in [0.3, 0.4) is 0 Å². The SMILES string of the molecule is CCCCC(CC)CO[Si](C(C)C)C(C)C. The molecule has 1 atom stereocenters. The Morgan fingerprint density at radius 1 is 1.00 bits per heavy atom. The van der Waals surface area contributed by atoms with Crippen molar-refractivity contribution in [3.63, 3.8) is 0 Å². The van der Waals surface area contributed by atoms with Gasteiger partial charge in [0.1, 0.15) is 0 Å². The monoisotopic (exact) mass is 243 g/mol. The van der Waals surface area contributed by atoms with Crippen molar-refractivity contribution in [2.45, 2.75) is 78.3 Å². The van der Waals surface area contributed by atoms with Gasteiger partial charge in [0.2, 0.25) is 9.04 Å². The molecule has 0 fully saturated rings. The van der Waals surface area contributed by atoms with Gasteiger partial charge in [0, 0.05) is 6.61 Å². The van der Waals surface area contributed by atoms with Gasteiger partial charge in [-0.2, -0.15) is 0 Å². The Bertz CT molecular complexity index is 149. The van der Waals surface area contributed by atoms with Crippen LogP contribution >= 0.6 is 0 Å². The predicted octanol–water partition coefficient (Wildman–Crippen LogP) is 5.03. The second-order valence-corrected chi connectivity index (χ2v) is 8.84. The molecule has 0 aromatic carbocycles. The maximum atomic E-state index is 6.22. The second-order valence-electron chi connectivity index (χ2n) is 5.44. The third kappa shape index (κ3) is 6.69. The van der Waals surface area contributed by atoms with E-state index in [9.17, 15) is 0 Å². The molecule has 0 aromatic heterocycles. The number of hydrogen-bond donors (Lipinski definition) is 0.